The first-order valence-corrected chi connectivity index (χ1v) is 7.12. The van der Waals surface area contributed by atoms with Crippen LogP contribution < -0.4 is 11.1 Å². The quantitative estimate of drug-likeness (QED) is 0.505. The highest BCUT2D eigenvalue weighted by Gasteiger charge is 2.39. The molecule has 2 aliphatic rings. The number of likely N-dealkylation sites (tertiary alicyclic amines) is 1. The van der Waals surface area contributed by atoms with E-state index in [0.29, 0.717) is 13.1 Å². The minimum Gasteiger partial charge on any atom is -0.340 e. The summed E-state index contributed by atoms with van der Waals surface area (Å²) in [7, 11) is -4.06. The zero-order chi connectivity index (χ0) is 12.6. The van der Waals surface area contributed by atoms with Crippen LogP contribution in [-0.2, 0) is 14.9 Å². The van der Waals surface area contributed by atoms with Gasteiger partial charge in [0.15, 0.2) is 0 Å². The maximum Gasteiger partial charge on any atom is 0.269 e. The minimum atomic E-state index is -4.06. The number of hydrogen-bond donors (Lipinski definition) is 3. The van der Waals surface area contributed by atoms with Gasteiger partial charge in [-0.05, 0) is 12.8 Å². The second-order valence-electron chi connectivity index (χ2n) is 4.67. The summed E-state index contributed by atoms with van der Waals surface area (Å²) in [5.74, 6) is -0.121. The van der Waals surface area contributed by atoms with E-state index in [0.717, 1.165) is 6.42 Å². The Balaban J connectivity index is 1.95. The SMILES string of the molecule is NC1CCN(C(=O)[C@@H]2C[C@@H](S(=O)(=O)O)CN2)C1. The third kappa shape index (κ3) is 2.76. The van der Waals surface area contributed by atoms with E-state index in [1.807, 2.05) is 0 Å². The van der Waals surface area contributed by atoms with Gasteiger partial charge in [0.05, 0.1) is 6.04 Å². The topological polar surface area (TPSA) is 113 Å². The van der Waals surface area contributed by atoms with Crippen LogP contribution in [0.25, 0.3) is 0 Å². The highest BCUT2D eigenvalue weighted by molar-refractivity contribution is 7.86. The first kappa shape index (κ1) is 12.7. The average Bonchev–Trinajstić information content (AvgIpc) is 2.83. The zero-order valence-electron chi connectivity index (χ0n) is 9.37. The standard InChI is InChI=1S/C9H17N3O4S/c10-6-1-2-12(5-6)9(13)8-3-7(4-11-8)17(14,15)16/h6-8,11H,1-5,10H2,(H,14,15,16)/t6?,7-,8+/m1/s1. The van der Waals surface area contributed by atoms with Crippen LogP contribution in [0, 0.1) is 0 Å². The molecule has 1 unspecified atom stereocenters. The monoisotopic (exact) mass is 263 g/mol. The van der Waals surface area contributed by atoms with E-state index in [2.05, 4.69) is 5.32 Å². The third-order valence-corrected chi connectivity index (χ3v) is 4.55. The zero-order valence-corrected chi connectivity index (χ0v) is 10.2. The second kappa shape index (κ2) is 4.52. The Labute approximate surface area is 100 Å². The normalized spacial score (nSPS) is 34.2. The Hall–Kier alpha value is -0.700. The molecule has 2 aliphatic heterocycles. The third-order valence-electron chi connectivity index (χ3n) is 3.35. The summed E-state index contributed by atoms with van der Waals surface area (Å²) in [4.78, 5) is 13.6. The Kier molecular flexibility index (Phi) is 3.39. The lowest BCUT2D eigenvalue weighted by Crippen LogP contribution is -2.43. The van der Waals surface area contributed by atoms with Gasteiger partial charge in [0, 0.05) is 25.7 Å². The summed E-state index contributed by atoms with van der Waals surface area (Å²) < 4.78 is 30.8. The molecule has 0 bridgehead atoms. The Bertz CT molecular complexity index is 410. The van der Waals surface area contributed by atoms with E-state index in [1.165, 1.54) is 0 Å². The van der Waals surface area contributed by atoms with E-state index in [4.69, 9.17) is 10.3 Å². The van der Waals surface area contributed by atoms with Gasteiger partial charge in [0.1, 0.15) is 5.25 Å². The fourth-order valence-corrected chi connectivity index (χ4v) is 3.07. The van der Waals surface area contributed by atoms with E-state index in [-0.39, 0.29) is 24.9 Å². The summed E-state index contributed by atoms with van der Waals surface area (Å²) in [6.45, 7) is 1.26. The maximum atomic E-state index is 12.0. The highest BCUT2D eigenvalue weighted by Crippen LogP contribution is 2.18. The lowest BCUT2D eigenvalue weighted by atomic mass is 10.2. The fourth-order valence-electron chi connectivity index (χ4n) is 2.33. The number of carbonyl (C=O) groups excluding carboxylic acids is 1. The van der Waals surface area contributed by atoms with Crippen LogP contribution in [0.3, 0.4) is 0 Å². The van der Waals surface area contributed by atoms with Crippen LogP contribution in [0.5, 0.6) is 0 Å². The first-order chi connectivity index (χ1) is 7.88. The molecular weight excluding hydrogens is 246 g/mol. The van der Waals surface area contributed by atoms with E-state index in [9.17, 15) is 13.2 Å². The van der Waals surface area contributed by atoms with Crippen molar-refractivity contribution in [1.29, 1.82) is 0 Å². The van der Waals surface area contributed by atoms with Crippen LogP contribution in [-0.4, -0.2) is 60.7 Å². The molecule has 0 radical (unpaired) electrons. The maximum absolute atomic E-state index is 12.0. The first-order valence-electron chi connectivity index (χ1n) is 5.62. The van der Waals surface area contributed by atoms with Crippen molar-refractivity contribution in [1.82, 2.24) is 10.2 Å². The molecule has 2 heterocycles. The van der Waals surface area contributed by atoms with Crippen LogP contribution in [0.15, 0.2) is 0 Å². The van der Waals surface area contributed by atoms with Gasteiger partial charge in [-0.1, -0.05) is 0 Å². The van der Waals surface area contributed by atoms with Crippen molar-refractivity contribution in [2.75, 3.05) is 19.6 Å². The van der Waals surface area contributed by atoms with Gasteiger partial charge in [-0.2, -0.15) is 8.42 Å². The summed E-state index contributed by atoms with van der Waals surface area (Å²) in [6, 6.07) is -0.509. The second-order valence-corrected chi connectivity index (χ2v) is 6.36. The predicted octanol–water partition coefficient (Wildman–Crippen LogP) is -1.84. The Morgan fingerprint density at radius 2 is 2.18 bits per heavy atom. The van der Waals surface area contributed by atoms with Crippen molar-refractivity contribution in [2.45, 2.75) is 30.2 Å². The smallest absolute Gasteiger partial charge is 0.269 e. The number of nitrogens with two attached hydrogens (primary N) is 1. The molecule has 3 atom stereocenters. The van der Waals surface area contributed by atoms with Crippen molar-refractivity contribution in [2.24, 2.45) is 5.73 Å². The molecule has 0 aromatic rings. The van der Waals surface area contributed by atoms with Crippen molar-refractivity contribution in [3.05, 3.63) is 0 Å². The molecule has 0 saturated carbocycles. The van der Waals surface area contributed by atoms with Crippen LogP contribution >= 0.6 is 0 Å². The van der Waals surface area contributed by atoms with Gasteiger partial charge in [-0.3, -0.25) is 9.35 Å². The van der Waals surface area contributed by atoms with E-state index < -0.39 is 21.4 Å². The lowest BCUT2D eigenvalue weighted by molar-refractivity contribution is -0.132. The summed E-state index contributed by atoms with van der Waals surface area (Å²) >= 11 is 0. The lowest BCUT2D eigenvalue weighted by Gasteiger charge is -2.20. The number of nitrogens with zero attached hydrogens (tertiary/aromatic N) is 1. The van der Waals surface area contributed by atoms with Gasteiger partial charge >= 0.3 is 0 Å². The molecular formula is C9H17N3O4S. The Morgan fingerprint density at radius 1 is 1.47 bits per heavy atom. The van der Waals surface area contributed by atoms with E-state index >= 15 is 0 Å². The fraction of sp³-hybridized carbons (Fsp3) is 0.889. The summed E-state index contributed by atoms with van der Waals surface area (Å²) in [5.41, 5.74) is 5.71. The number of rotatable bonds is 2. The molecule has 1 amide bonds. The van der Waals surface area contributed by atoms with Crippen molar-refractivity contribution in [3.8, 4) is 0 Å². The van der Waals surface area contributed by atoms with Crippen molar-refractivity contribution < 1.29 is 17.8 Å². The van der Waals surface area contributed by atoms with E-state index in [1.54, 1.807) is 4.90 Å². The molecule has 98 valence electrons. The molecule has 2 saturated heterocycles. The average molecular weight is 263 g/mol. The van der Waals surface area contributed by atoms with Crippen molar-refractivity contribution >= 4 is 16.0 Å². The summed E-state index contributed by atoms with van der Waals surface area (Å²) in [5, 5.41) is 1.95. The number of amides is 1. The predicted molar refractivity (Wildman–Crippen MR) is 60.9 cm³/mol. The van der Waals surface area contributed by atoms with Crippen LogP contribution in [0.2, 0.25) is 0 Å². The largest absolute Gasteiger partial charge is 0.340 e. The molecule has 0 aliphatic carbocycles. The molecule has 0 aromatic carbocycles. The van der Waals surface area contributed by atoms with Crippen LogP contribution in [0.4, 0.5) is 0 Å². The molecule has 0 spiro atoms. The molecule has 7 nitrogen and oxygen atoms in total. The number of carbonyl (C=O) groups is 1. The van der Waals surface area contributed by atoms with Gasteiger partial charge in [-0.15, -0.1) is 0 Å². The molecule has 8 heteroatoms. The number of nitrogens with one attached hydrogen (secondary N) is 1. The molecule has 17 heavy (non-hydrogen) atoms. The van der Waals surface area contributed by atoms with Gasteiger partial charge < -0.3 is 16.0 Å². The number of hydrogen-bond acceptors (Lipinski definition) is 5. The summed E-state index contributed by atoms with van der Waals surface area (Å²) in [6.07, 6.45) is 0.906. The molecule has 2 fully saturated rings. The Morgan fingerprint density at radius 3 is 2.65 bits per heavy atom. The van der Waals surface area contributed by atoms with Gasteiger partial charge in [-0.25, -0.2) is 0 Å². The minimum absolute atomic E-state index is 0.0118. The molecule has 0 aromatic heterocycles. The van der Waals surface area contributed by atoms with Gasteiger partial charge in [0.2, 0.25) is 5.91 Å². The molecule has 2 rings (SSSR count). The van der Waals surface area contributed by atoms with Crippen molar-refractivity contribution in [3.63, 3.8) is 0 Å². The van der Waals surface area contributed by atoms with Crippen LogP contribution in [0.1, 0.15) is 12.8 Å². The highest BCUT2D eigenvalue weighted by atomic mass is 32.2. The molecule has 4 N–H and O–H groups in total. The van der Waals surface area contributed by atoms with Gasteiger partial charge in [0.25, 0.3) is 10.1 Å².